The molecule has 0 heterocycles. The van der Waals surface area contributed by atoms with Gasteiger partial charge < -0.3 is 19.7 Å². The van der Waals surface area contributed by atoms with Crippen LogP contribution in [0.5, 0.6) is 11.5 Å². The Labute approximate surface area is 265 Å². The molecular formula is C33H40ClN3O6S. The third kappa shape index (κ3) is 8.24. The molecule has 236 valence electrons. The number of ether oxygens (including phenoxy) is 2. The van der Waals surface area contributed by atoms with Crippen LogP contribution < -0.4 is 19.1 Å². The highest BCUT2D eigenvalue weighted by atomic mass is 35.5. The van der Waals surface area contributed by atoms with E-state index < -0.39 is 28.5 Å². The number of hydrogen-bond acceptors (Lipinski definition) is 6. The van der Waals surface area contributed by atoms with Crippen molar-refractivity contribution in [3.8, 4) is 11.5 Å². The first-order valence-electron chi connectivity index (χ1n) is 14.8. The van der Waals surface area contributed by atoms with Crippen molar-refractivity contribution in [1.29, 1.82) is 0 Å². The fourth-order valence-electron chi connectivity index (χ4n) is 5.40. The molecule has 0 aromatic heterocycles. The first-order chi connectivity index (χ1) is 21.2. The van der Waals surface area contributed by atoms with Crippen molar-refractivity contribution in [3.63, 3.8) is 0 Å². The molecule has 11 heteroatoms. The summed E-state index contributed by atoms with van der Waals surface area (Å²) in [5.41, 5.74) is 1.04. The number of hydrogen-bond donors (Lipinski definition) is 1. The Kier molecular flexibility index (Phi) is 11.5. The number of benzene rings is 3. The number of nitrogens with one attached hydrogen (secondary N) is 1. The number of methoxy groups -OCH3 is 2. The van der Waals surface area contributed by atoms with Crippen molar-refractivity contribution in [1.82, 2.24) is 10.2 Å². The fraction of sp³-hybridized carbons (Fsp3) is 0.394. The Bertz CT molecular complexity index is 1490. The van der Waals surface area contributed by atoms with E-state index in [1.54, 1.807) is 55.6 Å². The van der Waals surface area contributed by atoms with Gasteiger partial charge in [-0.3, -0.25) is 13.9 Å². The number of sulfonamides is 1. The van der Waals surface area contributed by atoms with Crippen LogP contribution in [0.1, 0.15) is 51.0 Å². The molecule has 1 aliphatic rings. The van der Waals surface area contributed by atoms with E-state index >= 15 is 0 Å². The van der Waals surface area contributed by atoms with Gasteiger partial charge in [0, 0.05) is 17.6 Å². The van der Waals surface area contributed by atoms with Crippen molar-refractivity contribution in [3.05, 3.63) is 83.4 Å². The van der Waals surface area contributed by atoms with E-state index in [1.807, 2.05) is 19.1 Å². The molecular weight excluding hydrogens is 602 g/mol. The number of carbonyl (C=O) groups excluding carboxylic acids is 2. The predicted octanol–water partition coefficient (Wildman–Crippen LogP) is 5.81. The second kappa shape index (κ2) is 15.3. The SMILES string of the molecule is CC[C@H](C(=O)NC1CCCCC1)N(Cc1ccc(OC)cc1)C(=O)CN(c1ccc(Cl)cc1)S(=O)(=O)c1ccc(OC)cc1. The van der Waals surface area contributed by atoms with E-state index in [4.69, 9.17) is 21.1 Å². The third-order valence-corrected chi connectivity index (χ3v) is 9.93. The van der Waals surface area contributed by atoms with Gasteiger partial charge in [0.05, 0.1) is 24.8 Å². The third-order valence-electron chi connectivity index (χ3n) is 7.89. The van der Waals surface area contributed by atoms with Crippen LogP contribution in [0.2, 0.25) is 5.02 Å². The van der Waals surface area contributed by atoms with Crippen LogP contribution >= 0.6 is 11.6 Å². The molecule has 0 aliphatic heterocycles. The predicted molar refractivity (Wildman–Crippen MR) is 172 cm³/mol. The van der Waals surface area contributed by atoms with Crippen LogP contribution in [0.3, 0.4) is 0 Å². The zero-order valence-corrected chi connectivity index (χ0v) is 26.9. The standard InChI is InChI=1S/C33H40ClN3O6S/c1-4-31(33(39)35-26-8-6-5-7-9-26)36(22-24-10-16-28(42-2)17-11-24)32(38)23-37(27-14-12-25(34)13-15-27)44(40,41)30-20-18-29(43-3)19-21-30/h10-21,26,31H,4-9,22-23H2,1-3H3,(H,35,39)/t31-/m1/s1. The molecule has 9 nitrogen and oxygen atoms in total. The van der Waals surface area contributed by atoms with E-state index in [9.17, 15) is 18.0 Å². The summed E-state index contributed by atoms with van der Waals surface area (Å²) in [7, 11) is -1.14. The minimum absolute atomic E-state index is 0.00941. The smallest absolute Gasteiger partial charge is 0.264 e. The molecule has 3 aromatic rings. The molecule has 1 saturated carbocycles. The van der Waals surface area contributed by atoms with E-state index in [0.717, 1.165) is 42.0 Å². The number of halogens is 1. The molecule has 0 spiro atoms. The Morgan fingerprint density at radius 1 is 0.886 bits per heavy atom. The number of amides is 2. The van der Waals surface area contributed by atoms with E-state index in [0.29, 0.717) is 22.9 Å². The zero-order chi connectivity index (χ0) is 31.7. The Morgan fingerprint density at radius 3 is 2.00 bits per heavy atom. The zero-order valence-electron chi connectivity index (χ0n) is 25.4. The Morgan fingerprint density at radius 2 is 1.45 bits per heavy atom. The number of anilines is 1. The monoisotopic (exact) mass is 641 g/mol. The number of carbonyl (C=O) groups is 2. The maximum absolute atomic E-state index is 14.3. The summed E-state index contributed by atoms with van der Waals surface area (Å²) >= 11 is 6.11. The van der Waals surface area contributed by atoms with Gasteiger partial charge in [-0.15, -0.1) is 0 Å². The van der Waals surface area contributed by atoms with Crippen molar-refractivity contribution < 1.29 is 27.5 Å². The highest BCUT2D eigenvalue weighted by molar-refractivity contribution is 7.92. The summed E-state index contributed by atoms with van der Waals surface area (Å²) in [5.74, 6) is 0.405. The van der Waals surface area contributed by atoms with Crippen molar-refractivity contribution in [2.75, 3.05) is 25.1 Å². The fourth-order valence-corrected chi connectivity index (χ4v) is 6.94. The van der Waals surface area contributed by atoms with Crippen LogP contribution in [0, 0.1) is 0 Å². The van der Waals surface area contributed by atoms with Gasteiger partial charge in [0.25, 0.3) is 10.0 Å². The van der Waals surface area contributed by atoms with Gasteiger partial charge in [0.15, 0.2) is 0 Å². The average molecular weight is 642 g/mol. The minimum Gasteiger partial charge on any atom is -0.497 e. The summed E-state index contributed by atoms with van der Waals surface area (Å²) in [6.07, 6.45) is 5.41. The van der Waals surface area contributed by atoms with Crippen LogP contribution in [0.15, 0.2) is 77.7 Å². The number of rotatable bonds is 13. The average Bonchev–Trinajstić information content (AvgIpc) is 3.04. The molecule has 44 heavy (non-hydrogen) atoms. The maximum atomic E-state index is 14.3. The molecule has 0 radical (unpaired) electrons. The molecule has 1 aliphatic carbocycles. The van der Waals surface area contributed by atoms with Crippen LogP contribution in [-0.2, 0) is 26.2 Å². The van der Waals surface area contributed by atoms with Gasteiger partial charge in [-0.05, 0) is 85.5 Å². The minimum atomic E-state index is -4.21. The molecule has 4 rings (SSSR count). The molecule has 0 saturated heterocycles. The lowest BCUT2D eigenvalue weighted by molar-refractivity contribution is -0.140. The summed E-state index contributed by atoms with van der Waals surface area (Å²) in [6, 6.07) is 18.7. The lowest BCUT2D eigenvalue weighted by atomic mass is 9.95. The largest absolute Gasteiger partial charge is 0.497 e. The summed E-state index contributed by atoms with van der Waals surface area (Å²) in [5, 5.41) is 3.58. The van der Waals surface area contributed by atoms with Gasteiger partial charge in [0.2, 0.25) is 11.8 Å². The Hall–Kier alpha value is -3.76. The van der Waals surface area contributed by atoms with Gasteiger partial charge in [-0.25, -0.2) is 8.42 Å². The Balaban J connectivity index is 1.70. The lowest BCUT2D eigenvalue weighted by Gasteiger charge is -2.34. The highest BCUT2D eigenvalue weighted by Crippen LogP contribution is 2.28. The summed E-state index contributed by atoms with van der Waals surface area (Å²) in [4.78, 5) is 29.4. The molecule has 1 atom stereocenters. The van der Waals surface area contributed by atoms with Crippen LogP contribution in [0.25, 0.3) is 0 Å². The van der Waals surface area contributed by atoms with Crippen molar-refractivity contribution in [2.24, 2.45) is 0 Å². The van der Waals surface area contributed by atoms with E-state index in [2.05, 4.69) is 5.32 Å². The van der Waals surface area contributed by atoms with Crippen LogP contribution in [-0.4, -0.2) is 58.0 Å². The van der Waals surface area contributed by atoms with Gasteiger partial charge >= 0.3 is 0 Å². The van der Waals surface area contributed by atoms with Gasteiger partial charge in [-0.1, -0.05) is 49.9 Å². The van der Waals surface area contributed by atoms with Crippen molar-refractivity contribution in [2.45, 2.75) is 69.0 Å². The summed E-state index contributed by atoms with van der Waals surface area (Å²) < 4.78 is 39.6. The molecule has 0 unspecified atom stereocenters. The van der Waals surface area contributed by atoms with Gasteiger partial charge in [-0.2, -0.15) is 0 Å². The van der Waals surface area contributed by atoms with E-state index in [-0.39, 0.29) is 29.1 Å². The first kappa shape index (κ1) is 33.1. The normalized spacial score (nSPS) is 14.4. The maximum Gasteiger partial charge on any atom is 0.264 e. The molecule has 1 N–H and O–H groups in total. The second-order valence-corrected chi connectivity index (χ2v) is 13.1. The molecule has 2 amide bonds. The second-order valence-electron chi connectivity index (χ2n) is 10.8. The summed E-state index contributed by atoms with van der Waals surface area (Å²) in [6.45, 7) is 1.43. The molecule has 0 bridgehead atoms. The first-order valence-corrected chi connectivity index (χ1v) is 16.6. The molecule has 3 aromatic carbocycles. The molecule has 1 fully saturated rings. The highest BCUT2D eigenvalue weighted by Gasteiger charge is 2.34. The number of nitrogens with zero attached hydrogens (tertiary/aromatic N) is 2. The van der Waals surface area contributed by atoms with Gasteiger partial charge in [0.1, 0.15) is 24.1 Å². The van der Waals surface area contributed by atoms with Crippen molar-refractivity contribution >= 4 is 39.1 Å². The quantitative estimate of drug-likeness (QED) is 0.253. The van der Waals surface area contributed by atoms with Crippen LogP contribution in [0.4, 0.5) is 5.69 Å². The van der Waals surface area contributed by atoms with E-state index in [1.165, 1.54) is 24.1 Å². The topological polar surface area (TPSA) is 105 Å². The lowest BCUT2D eigenvalue weighted by Crippen LogP contribution is -2.54.